The van der Waals surface area contributed by atoms with Gasteiger partial charge in [0.15, 0.2) is 6.10 Å². The number of rotatable bonds is 7. The molecule has 0 aromatic heterocycles. The first kappa shape index (κ1) is 24.5. The monoisotopic (exact) mass is 452 g/mol. The maximum Gasteiger partial charge on any atom is 0.261 e. The van der Waals surface area contributed by atoms with Crippen molar-refractivity contribution in [3.63, 3.8) is 0 Å². The van der Waals surface area contributed by atoms with Crippen molar-refractivity contribution in [3.05, 3.63) is 77.6 Å². The van der Waals surface area contributed by atoms with Crippen molar-refractivity contribution < 1.29 is 18.7 Å². The second kappa shape index (κ2) is 10.2. The molecule has 0 fully saturated rings. The Balaban J connectivity index is 2.00. The van der Waals surface area contributed by atoms with Crippen LogP contribution in [0.4, 0.5) is 4.39 Å². The van der Waals surface area contributed by atoms with Crippen LogP contribution < -0.4 is 10.1 Å². The molecule has 1 aliphatic heterocycles. The van der Waals surface area contributed by atoms with Crippen LogP contribution in [0.25, 0.3) is 0 Å². The Labute approximate surface area is 195 Å². The summed E-state index contributed by atoms with van der Waals surface area (Å²) in [4.78, 5) is 27.6. The molecule has 0 spiro atoms. The summed E-state index contributed by atoms with van der Waals surface area (Å²) in [5.41, 5.74) is 2.33. The van der Waals surface area contributed by atoms with E-state index in [4.69, 9.17) is 4.74 Å². The van der Waals surface area contributed by atoms with Crippen LogP contribution in [0.3, 0.4) is 0 Å². The number of amides is 2. The van der Waals surface area contributed by atoms with Crippen molar-refractivity contribution in [2.45, 2.75) is 52.7 Å². The summed E-state index contributed by atoms with van der Waals surface area (Å²) in [5.74, 6) is 0.0715. The molecule has 2 aromatic rings. The van der Waals surface area contributed by atoms with Crippen molar-refractivity contribution in [2.75, 3.05) is 13.1 Å². The van der Waals surface area contributed by atoms with Gasteiger partial charge in [-0.2, -0.15) is 0 Å². The van der Waals surface area contributed by atoms with Crippen LogP contribution in [0.1, 0.15) is 56.8 Å². The third kappa shape index (κ3) is 5.62. The standard InChI is InChI=1S/C27H33FN2O3/c1-6-15-29-25(31)23(7-2)33-21-13-10-18-14-16-30(26(32)27(3,4)5)24(22(18)17-21)19-8-11-20(28)12-9-19/h6,8-13,17,23-24H,1,7,14-16H2,2-5H3,(H,29,31)/t23-,24+/m0/s1. The molecule has 0 saturated carbocycles. The summed E-state index contributed by atoms with van der Waals surface area (Å²) in [6, 6.07) is 11.7. The third-order valence-electron chi connectivity index (χ3n) is 5.80. The summed E-state index contributed by atoms with van der Waals surface area (Å²) < 4.78 is 19.7. The molecular formula is C27H33FN2O3. The van der Waals surface area contributed by atoms with Crippen LogP contribution >= 0.6 is 0 Å². The van der Waals surface area contributed by atoms with E-state index in [-0.39, 0.29) is 23.7 Å². The smallest absolute Gasteiger partial charge is 0.261 e. The van der Waals surface area contributed by atoms with Crippen molar-refractivity contribution in [1.29, 1.82) is 0 Å². The molecule has 1 aliphatic rings. The lowest BCUT2D eigenvalue weighted by atomic mass is 9.85. The largest absolute Gasteiger partial charge is 0.481 e. The van der Waals surface area contributed by atoms with Crippen LogP contribution in [-0.2, 0) is 16.0 Å². The molecule has 0 radical (unpaired) electrons. The molecule has 0 saturated heterocycles. The highest BCUT2D eigenvalue weighted by Gasteiger charge is 2.37. The van der Waals surface area contributed by atoms with Gasteiger partial charge in [-0.1, -0.05) is 52.0 Å². The van der Waals surface area contributed by atoms with Gasteiger partial charge in [0.1, 0.15) is 11.6 Å². The van der Waals surface area contributed by atoms with Gasteiger partial charge in [-0.25, -0.2) is 4.39 Å². The molecule has 0 bridgehead atoms. The van der Waals surface area contributed by atoms with Gasteiger partial charge in [0.05, 0.1) is 6.04 Å². The molecule has 2 amide bonds. The number of carbonyl (C=O) groups excluding carboxylic acids is 2. The van der Waals surface area contributed by atoms with E-state index < -0.39 is 11.5 Å². The Bertz CT molecular complexity index is 1010. The number of hydrogen-bond donors (Lipinski definition) is 1. The van der Waals surface area contributed by atoms with Gasteiger partial charge >= 0.3 is 0 Å². The molecule has 6 heteroatoms. The van der Waals surface area contributed by atoms with Crippen molar-refractivity contribution >= 4 is 11.8 Å². The molecule has 176 valence electrons. The third-order valence-corrected chi connectivity index (χ3v) is 5.80. The number of fused-ring (bicyclic) bond motifs is 1. The lowest BCUT2D eigenvalue weighted by Gasteiger charge is -2.41. The number of nitrogens with zero attached hydrogens (tertiary/aromatic N) is 1. The van der Waals surface area contributed by atoms with Gasteiger partial charge in [0.2, 0.25) is 5.91 Å². The Kier molecular flexibility index (Phi) is 7.57. The zero-order chi connectivity index (χ0) is 24.2. The average Bonchev–Trinajstić information content (AvgIpc) is 2.79. The second-order valence-electron chi connectivity index (χ2n) is 9.36. The minimum atomic E-state index is -0.636. The predicted octanol–water partition coefficient (Wildman–Crippen LogP) is 4.81. The van der Waals surface area contributed by atoms with Crippen LogP contribution in [-0.4, -0.2) is 35.9 Å². The first-order chi connectivity index (χ1) is 15.7. The summed E-state index contributed by atoms with van der Waals surface area (Å²) in [7, 11) is 0. The number of benzene rings is 2. The van der Waals surface area contributed by atoms with Gasteiger partial charge in [-0.3, -0.25) is 9.59 Å². The van der Waals surface area contributed by atoms with Crippen molar-refractivity contribution in [2.24, 2.45) is 5.41 Å². The summed E-state index contributed by atoms with van der Waals surface area (Å²) in [5, 5.41) is 2.77. The van der Waals surface area contributed by atoms with Gasteiger partial charge in [0.25, 0.3) is 5.91 Å². The fraction of sp³-hybridized carbons (Fsp3) is 0.407. The molecule has 5 nitrogen and oxygen atoms in total. The SMILES string of the molecule is C=CCNC(=O)[C@H](CC)Oc1ccc2c(c1)[C@@H](c1ccc(F)cc1)N(C(=O)C(C)(C)C)CC2. The number of carbonyl (C=O) groups is 2. The van der Waals surface area contributed by atoms with E-state index in [1.807, 2.05) is 50.8 Å². The normalized spacial score (nSPS) is 16.5. The minimum Gasteiger partial charge on any atom is -0.481 e. The molecular weight excluding hydrogens is 419 g/mol. The van der Waals surface area contributed by atoms with Gasteiger partial charge < -0.3 is 15.0 Å². The maximum atomic E-state index is 13.7. The average molecular weight is 453 g/mol. The zero-order valence-electron chi connectivity index (χ0n) is 19.9. The minimum absolute atomic E-state index is 0.0315. The highest BCUT2D eigenvalue weighted by Crippen LogP contribution is 2.39. The van der Waals surface area contributed by atoms with E-state index in [0.717, 1.165) is 16.7 Å². The quantitative estimate of drug-likeness (QED) is 0.614. The highest BCUT2D eigenvalue weighted by atomic mass is 19.1. The molecule has 2 aromatic carbocycles. The van der Waals surface area contributed by atoms with E-state index >= 15 is 0 Å². The fourth-order valence-corrected chi connectivity index (χ4v) is 4.09. The van der Waals surface area contributed by atoms with Crippen LogP contribution in [0.2, 0.25) is 0 Å². The first-order valence-electron chi connectivity index (χ1n) is 11.4. The number of nitrogens with one attached hydrogen (secondary N) is 1. The predicted molar refractivity (Wildman–Crippen MR) is 127 cm³/mol. The highest BCUT2D eigenvalue weighted by molar-refractivity contribution is 5.83. The maximum absolute atomic E-state index is 13.7. The lowest BCUT2D eigenvalue weighted by molar-refractivity contribution is -0.141. The van der Waals surface area contributed by atoms with E-state index in [1.165, 1.54) is 12.1 Å². The fourth-order valence-electron chi connectivity index (χ4n) is 4.09. The van der Waals surface area contributed by atoms with Crippen LogP contribution in [0.5, 0.6) is 5.75 Å². The lowest BCUT2D eigenvalue weighted by Crippen LogP contribution is -2.45. The molecule has 33 heavy (non-hydrogen) atoms. The summed E-state index contributed by atoms with van der Waals surface area (Å²) in [6.45, 7) is 12.2. The Morgan fingerprint density at radius 1 is 1.24 bits per heavy atom. The zero-order valence-corrected chi connectivity index (χ0v) is 19.9. The van der Waals surface area contributed by atoms with E-state index in [2.05, 4.69) is 11.9 Å². The second-order valence-corrected chi connectivity index (χ2v) is 9.36. The van der Waals surface area contributed by atoms with Gasteiger partial charge in [-0.05, 0) is 53.8 Å². The van der Waals surface area contributed by atoms with E-state index in [9.17, 15) is 14.0 Å². The Morgan fingerprint density at radius 2 is 1.94 bits per heavy atom. The molecule has 2 atom stereocenters. The summed E-state index contributed by atoms with van der Waals surface area (Å²) >= 11 is 0. The molecule has 0 unspecified atom stereocenters. The van der Waals surface area contributed by atoms with Crippen molar-refractivity contribution in [1.82, 2.24) is 10.2 Å². The van der Waals surface area contributed by atoms with Crippen LogP contribution in [0.15, 0.2) is 55.1 Å². The first-order valence-corrected chi connectivity index (χ1v) is 11.4. The molecule has 1 heterocycles. The van der Waals surface area contributed by atoms with Crippen molar-refractivity contribution in [3.8, 4) is 5.75 Å². The molecule has 3 rings (SSSR count). The Morgan fingerprint density at radius 3 is 2.55 bits per heavy atom. The van der Waals surface area contributed by atoms with E-state index in [0.29, 0.717) is 31.7 Å². The molecule has 1 N–H and O–H groups in total. The topological polar surface area (TPSA) is 58.6 Å². The van der Waals surface area contributed by atoms with Gasteiger partial charge in [0, 0.05) is 18.5 Å². The molecule has 0 aliphatic carbocycles. The van der Waals surface area contributed by atoms with Crippen LogP contribution in [0, 0.1) is 11.2 Å². The van der Waals surface area contributed by atoms with Gasteiger partial charge in [-0.15, -0.1) is 6.58 Å². The number of hydrogen-bond acceptors (Lipinski definition) is 3. The number of ether oxygens (including phenoxy) is 1. The summed E-state index contributed by atoms with van der Waals surface area (Å²) in [6.07, 6.45) is 2.21. The number of halogens is 1. The Hall–Kier alpha value is -3.15. The van der Waals surface area contributed by atoms with E-state index in [1.54, 1.807) is 18.2 Å².